The molecule has 0 unspecified atom stereocenters. The molecule has 2 aromatic rings. The molecule has 0 saturated heterocycles. The molecule has 80 valence electrons. The van der Waals surface area contributed by atoms with Gasteiger partial charge in [0.15, 0.2) is 0 Å². The van der Waals surface area contributed by atoms with Gasteiger partial charge in [-0.2, -0.15) is 0 Å². The van der Waals surface area contributed by atoms with Crippen LogP contribution < -0.4 is 5.32 Å². The summed E-state index contributed by atoms with van der Waals surface area (Å²) in [6.45, 7) is 4.52. The Morgan fingerprint density at radius 1 is 1.47 bits per heavy atom. The standard InChI is InChI=1S/C10H13N3O2/c1-7-9(13-15-12-7)6-11-8(2)10-4-3-5-14-10/h3-5,8,11H,6H2,1-2H3/t8-/m1/s1. The van der Waals surface area contributed by atoms with E-state index < -0.39 is 0 Å². The highest BCUT2D eigenvalue weighted by atomic mass is 16.6. The average molecular weight is 207 g/mol. The van der Waals surface area contributed by atoms with E-state index in [9.17, 15) is 0 Å². The molecule has 0 amide bonds. The van der Waals surface area contributed by atoms with Crippen molar-refractivity contribution in [3.05, 3.63) is 35.5 Å². The van der Waals surface area contributed by atoms with E-state index in [-0.39, 0.29) is 6.04 Å². The first-order chi connectivity index (χ1) is 7.27. The second-order valence-corrected chi connectivity index (χ2v) is 3.41. The molecule has 0 saturated carbocycles. The Bertz CT molecular complexity index is 408. The summed E-state index contributed by atoms with van der Waals surface area (Å²) in [5, 5.41) is 10.8. The summed E-state index contributed by atoms with van der Waals surface area (Å²) >= 11 is 0. The molecule has 5 heteroatoms. The summed E-state index contributed by atoms with van der Waals surface area (Å²) in [6.07, 6.45) is 1.66. The Balaban J connectivity index is 1.91. The maximum Gasteiger partial charge on any atom is 0.121 e. The molecule has 0 bridgehead atoms. The first kappa shape index (κ1) is 9.92. The smallest absolute Gasteiger partial charge is 0.121 e. The number of furan rings is 1. The van der Waals surface area contributed by atoms with Crippen molar-refractivity contribution in [1.82, 2.24) is 15.6 Å². The molecule has 1 atom stereocenters. The molecule has 5 nitrogen and oxygen atoms in total. The summed E-state index contributed by atoms with van der Waals surface area (Å²) in [5.74, 6) is 0.907. The molecule has 0 radical (unpaired) electrons. The lowest BCUT2D eigenvalue weighted by Crippen LogP contribution is -2.18. The molecular formula is C10H13N3O2. The molecule has 2 rings (SSSR count). The van der Waals surface area contributed by atoms with Crippen molar-refractivity contribution in [2.24, 2.45) is 0 Å². The highest BCUT2D eigenvalue weighted by Gasteiger charge is 2.10. The van der Waals surface area contributed by atoms with E-state index in [2.05, 4.69) is 20.3 Å². The van der Waals surface area contributed by atoms with Gasteiger partial charge in [0.1, 0.15) is 17.1 Å². The van der Waals surface area contributed by atoms with Crippen molar-refractivity contribution in [3.63, 3.8) is 0 Å². The SMILES string of the molecule is Cc1nonc1CN[C@H](C)c1ccco1. The molecule has 0 aliphatic heterocycles. The van der Waals surface area contributed by atoms with E-state index in [4.69, 9.17) is 4.42 Å². The van der Waals surface area contributed by atoms with Crippen LogP contribution in [0.3, 0.4) is 0 Å². The molecule has 2 aromatic heterocycles. The van der Waals surface area contributed by atoms with Gasteiger partial charge in [-0.25, -0.2) is 4.63 Å². The van der Waals surface area contributed by atoms with Crippen molar-refractivity contribution in [3.8, 4) is 0 Å². The molecular weight excluding hydrogens is 194 g/mol. The lowest BCUT2D eigenvalue weighted by atomic mass is 10.2. The number of aromatic nitrogens is 2. The van der Waals surface area contributed by atoms with Crippen LogP contribution in [0.4, 0.5) is 0 Å². The largest absolute Gasteiger partial charge is 0.468 e. The van der Waals surface area contributed by atoms with Crippen LogP contribution in [-0.4, -0.2) is 10.3 Å². The molecule has 0 fully saturated rings. The maximum atomic E-state index is 5.27. The zero-order valence-corrected chi connectivity index (χ0v) is 8.73. The third kappa shape index (κ3) is 2.24. The van der Waals surface area contributed by atoms with Crippen LogP contribution >= 0.6 is 0 Å². The Morgan fingerprint density at radius 2 is 2.33 bits per heavy atom. The highest BCUT2D eigenvalue weighted by Crippen LogP contribution is 2.13. The number of aryl methyl sites for hydroxylation is 1. The van der Waals surface area contributed by atoms with E-state index in [1.165, 1.54) is 0 Å². The minimum atomic E-state index is 0.149. The zero-order chi connectivity index (χ0) is 10.7. The number of rotatable bonds is 4. The quantitative estimate of drug-likeness (QED) is 0.828. The Hall–Kier alpha value is -1.62. The summed E-state index contributed by atoms with van der Waals surface area (Å²) in [7, 11) is 0. The van der Waals surface area contributed by atoms with Crippen molar-refractivity contribution in [1.29, 1.82) is 0 Å². The van der Waals surface area contributed by atoms with E-state index >= 15 is 0 Å². The third-order valence-corrected chi connectivity index (χ3v) is 2.29. The minimum absolute atomic E-state index is 0.149. The van der Waals surface area contributed by atoms with Crippen LogP contribution in [0.15, 0.2) is 27.4 Å². The molecule has 2 heterocycles. The third-order valence-electron chi connectivity index (χ3n) is 2.29. The fraction of sp³-hybridized carbons (Fsp3) is 0.400. The van der Waals surface area contributed by atoms with Crippen molar-refractivity contribution in [2.75, 3.05) is 0 Å². The number of hydrogen-bond acceptors (Lipinski definition) is 5. The van der Waals surface area contributed by atoms with Gasteiger partial charge in [-0.3, -0.25) is 0 Å². The van der Waals surface area contributed by atoms with Crippen LogP contribution in [-0.2, 0) is 6.54 Å². The zero-order valence-electron chi connectivity index (χ0n) is 8.73. The lowest BCUT2D eigenvalue weighted by molar-refractivity contribution is 0.299. The van der Waals surface area contributed by atoms with Gasteiger partial charge in [0.25, 0.3) is 0 Å². The lowest BCUT2D eigenvalue weighted by Gasteiger charge is -2.09. The number of nitrogens with one attached hydrogen (secondary N) is 1. The highest BCUT2D eigenvalue weighted by molar-refractivity contribution is 5.06. The molecule has 0 aliphatic carbocycles. The Kier molecular flexibility index (Phi) is 2.82. The van der Waals surface area contributed by atoms with Gasteiger partial charge in [0.05, 0.1) is 12.3 Å². The van der Waals surface area contributed by atoms with Crippen LogP contribution in [0.2, 0.25) is 0 Å². The Labute approximate surface area is 87.4 Å². The van der Waals surface area contributed by atoms with Gasteiger partial charge in [-0.15, -0.1) is 0 Å². The van der Waals surface area contributed by atoms with E-state index in [1.807, 2.05) is 26.0 Å². The monoisotopic (exact) mass is 207 g/mol. The van der Waals surface area contributed by atoms with E-state index in [0.717, 1.165) is 17.1 Å². The van der Waals surface area contributed by atoms with Gasteiger partial charge >= 0.3 is 0 Å². The predicted octanol–water partition coefficient (Wildman–Crippen LogP) is 1.82. The van der Waals surface area contributed by atoms with E-state index in [1.54, 1.807) is 6.26 Å². The second kappa shape index (κ2) is 4.27. The van der Waals surface area contributed by atoms with Crippen LogP contribution in [0.1, 0.15) is 30.1 Å². The van der Waals surface area contributed by atoms with Crippen LogP contribution in [0.5, 0.6) is 0 Å². The van der Waals surface area contributed by atoms with Crippen molar-refractivity contribution >= 4 is 0 Å². The molecule has 1 N–H and O–H groups in total. The van der Waals surface area contributed by atoms with Gasteiger partial charge < -0.3 is 9.73 Å². The Morgan fingerprint density at radius 3 is 2.93 bits per heavy atom. The average Bonchev–Trinajstić information content (AvgIpc) is 2.85. The molecule has 0 spiro atoms. The molecule has 15 heavy (non-hydrogen) atoms. The maximum absolute atomic E-state index is 5.27. The molecule has 0 aromatic carbocycles. The van der Waals surface area contributed by atoms with Gasteiger partial charge in [-0.05, 0) is 26.0 Å². The first-order valence-corrected chi connectivity index (χ1v) is 4.82. The first-order valence-electron chi connectivity index (χ1n) is 4.82. The van der Waals surface area contributed by atoms with Crippen LogP contribution in [0.25, 0.3) is 0 Å². The van der Waals surface area contributed by atoms with Crippen molar-refractivity contribution < 1.29 is 9.05 Å². The summed E-state index contributed by atoms with van der Waals surface area (Å²) < 4.78 is 9.88. The van der Waals surface area contributed by atoms with E-state index in [0.29, 0.717) is 6.54 Å². The summed E-state index contributed by atoms with van der Waals surface area (Å²) in [6, 6.07) is 3.96. The fourth-order valence-electron chi connectivity index (χ4n) is 1.30. The fourth-order valence-corrected chi connectivity index (χ4v) is 1.30. The van der Waals surface area contributed by atoms with Gasteiger partial charge in [-0.1, -0.05) is 10.3 Å². The second-order valence-electron chi connectivity index (χ2n) is 3.41. The minimum Gasteiger partial charge on any atom is -0.468 e. The van der Waals surface area contributed by atoms with Crippen LogP contribution in [0, 0.1) is 6.92 Å². The normalized spacial score (nSPS) is 12.9. The summed E-state index contributed by atoms with van der Waals surface area (Å²) in [4.78, 5) is 0. The number of nitrogens with zero attached hydrogens (tertiary/aromatic N) is 2. The van der Waals surface area contributed by atoms with Gasteiger partial charge in [0.2, 0.25) is 0 Å². The summed E-state index contributed by atoms with van der Waals surface area (Å²) in [5.41, 5.74) is 1.64. The molecule has 0 aliphatic rings. The number of hydrogen-bond donors (Lipinski definition) is 1. The topological polar surface area (TPSA) is 64.1 Å². The van der Waals surface area contributed by atoms with Crippen molar-refractivity contribution in [2.45, 2.75) is 26.4 Å². The predicted molar refractivity (Wildman–Crippen MR) is 53.0 cm³/mol. The van der Waals surface area contributed by atoms with Gasteiger partial charge in [0, 0.05) is 6.54 Å².